The topological polar surface area (TPSA) is 68.3 Å². The van der Waals surface area contributed by atoms with E-state index in [0.29, 0.717) is 23.4 Å². The van der Waals surface area contributed by atoms with Crippen LogP contribution in [0.1, 0.15) is 51.6 Å². The highest BCUT2D eigenvalue weighted by Gasteiger charge is 2.17. The minimum absolute atomic E-state index is 0.0687. The van der Waals surface area contributed by atoms with Gasteiger partial charge in [0.1, 0.15) is 0 Å². The summed E-state index contributed by atoms with van der Waals surface area (Å²) in [5.41, 5.74) is 0.651. The van der Waals surface area contributed by atoms with E-state index in [9.17, 15) is 9.59 Å². The fraction of sp³-hybridized carbons (Fsp3) is 0.688. The van der Waals surface area contributed by atoms with Crippen LogP contribution in [0.2, 0.25) is 0 Å². The van der Waals surface area contributed by atoms with Gasteiger partial charge in [-0.2, -0.15) is 0 Å². The quantitative estimate of drug-likeness (QED) is 0.814. The first-order valence-corrected chi connectivity index (χ1v) is 8.83. The Morgan fingerprint density at radius 2 is 2.09 bits per heavy atom. The molecule has 1 aliphatic carbocycles. The van der Waals surface area contributed by atoms with E-state index in [0.717, 1.165) is 12.8 Å². The molecule has 0 atom stereocenters. The van der Waals surface area contributed by atoms with Crippen LogP contribution in [-0.4, -0.2) is 23.5 Å². The van der Waals surface area contributed by atoms with Crippen LogP contribution >= 0.6 is 11.3 Å². The summed E-state index contributed by atoms with van der Waals surface area (Å²) in [6, 6.07) is 0. The first kappa shape index (κ1) is 16.9. The zero-order valence-corrected chi connectivity index (χ0v) is 14.1. The molecule has 0 spiro atoms. The van der Waals surface area contributed by atoms with Crippen LogP contribution in [0.3, 0.4) is 0 Å². The van der Waals surface area contributed by atoms with Crippen LogP contribution in [0.25, 0.3) is 0 Å². The van der Waals surface area contributed by atoms with Gasteiger partial charge in [0, 0.05) is 11.3 Å². The summed E-state index contributed by atoms with van der Waals surface area (Å²) in [6.07, 6.45) is 6.28. The van der Waals surface area contributed by atoms with Gasteiger partial charge in [-0.1, -0.05) is 33.1 Å². The van der Waals surface area contributed by atoms with E-state index in [1.807, 2.05) is 13.8 Å². The van der Waals surface area contributed by atoms with Gasteiger partial charge in [-0.15, -0.1) is 11.3 Å². The van der Waals surface area contributed by atoms with Crippen molar-refractivity contribution in [3.8, 4) is 0 Å². The van der Waals surface area contributed by atoms with E-state index in [-0.39, 0.29) is 24.2 Å². The second-order valence-corrected chi connectivity index (χ2v) is 7.01. The van der Waals surface area contributed by atoms with Crippen molar-refractivity contribution in [2.45, 2.75) is 52.4 Å². The van der Waals surface area contributed by atoms with Crippen molar-refractivity contribution in [3.63, 3.8) is 0 Å². The number of hydrogen-bond acceptors (Lipinski definition) is 5. The maximum atomic E-state index is 11.8. The fourth-order valence-electron chi connectivity index (χ4n) is 2.46. The number of nitrogens with zero attached hydrogens (tertiary/aromatic N) is 1. The molecule has 0 saturated heterocycles. The summed E-state index contributed by atoms with van der Waals surface area (Å²) in [5.74, 6) is 0.125. The number of hydrogen-bond donors (Lipinski definition) is 1. The molecule has 0 aromatic carbocycles. The Balaban J connectivity index is 1.74. The van der Waals surface area contributed by atoms with E-state index in [1.54, 1.807) is 5.38 Å². The van der Waals surface area contributed by atoms with Crippen molar-refractivity contribution in [2.75, 3.05) is 11.9 Å². The number of aromatic nitrogens is 1. The summed E-state index contributed by atoms with van der Waals surface area (Å²) < 4.78 is 5.35. The van der Waals surface area contributed by atoms with Gasteiger partial charge in [-0.25, -0.2) is 4.98 Å². The molecule has 1 fully saturated rings. The minimum Gasteiger partial charge on any atom is -0.465 e. The number of anilines is 1. The number of ether oxygens (including phenoxy) is 1. The SMILES string of the molecule is CC(C)C(=O)Nc1nc(CC(=O)OCC2CCCCC2)cs1. The Morgan fingerprint density at radius 3 is 2.77 bits per heavy atom. The lowest BCUT2D eigenvalue weighted by atomic mass is 9.90. The van der Waals surface area contributed by atoms with Crippen molar-refractivity contribution in [1.82, 2.24) is 4.98 Å². The fourth-order valence-corrected chi connectivity index (χ4v) is 3.17. The average Bonchev–Trinajstić information content (AvgIpc) is 2.93. The monoisotopic (exact) mass is 324 g/mol. The molecule has 0 radical (unpaired) electrons. The smallest absolute Gasteiger partial charge is 0.311 e. The van der Waals surface area contributed by atoms with Gasteiger partial charge >= 0.3 is 5.97 Å². The molecule has 0 bridgehead atoms. The molecule has 1 saturated carbocycles. The number of nitrogens with one attached hydrogen (secondary N) is 1. The Hall–Kier alpha value is -1.43. The lowest BCUT2D eigenvalue weighted by Gasteiger charge is -2.20. The van der Waals surface area contributed by atoms with Gasteiger partial charge in [0.25, 0.3) is 0 Å². The lowest BCUT2D eigenvalue weighted by molar-refractivity contribution is -0.144. The first-order valence-electron chi connectivity index (χ1n) is 7.95. The molecule has 2 rings (SSSR count). The maximum absolute atomic E-state index is 11.8. The predicted octanol–water partition coefficient (Wildman–Crippen LogP) is 3.40. The second-order valence-electron chi connectivity index (χ2n) is 6.15. The summed E-state index contributed by atoms with van der Waals surface area (Å²) in [4.78, 5) is 27.7. The number of amides is 1. The normalized spacial score (nSPS) is 15.8. The van der Waals surface area contributed by atoms with Crippen molar-refractivity contribution in [1.29, 1.82) is 0 Å². The molecule has 1 aliphatic rings. The van der Waals surface area contributed by atoms with E-state index in [4.69, 9.17) is 4.74 Å². The first-order chi connectivity index (χ1) is 10.5. The molecular formula is C16H24N2O3S. The van der Waals surface area contributed by atoms with Gasteiger partial charge < -0.3 is 10.1 Å². The molecule has 1 aromatic rings. The molecule has 22 heavy (non-hydrogen) atoms. The van der Waals surface area contributed by atoms with Gasteiger partial charge in [0.2, 0.25) is 5.91 Å². The molecule has 5 nitrogen and oxygen atoms in total. The molecule has 0 aliphatic heterocycles. The largest absolute Gasteiger partial charge is 0.465 e. The molecule has 1 amide bonds. The van der Waals surface area contributed by atoms with E-state index in [1.165, 1.54) is 30.6 Å². The molecule has 1 aromatic heterocycles. The molecule has 6 heteroatoms. The van der Waals surface area contributed by atoms with Crippen LogP contribution in [-0.2, 0) is 20.7 Å². The van der Waals surface area contributed by atoms with Gasteiger partial charge in [-0.3, -0.25) is 9.59 Å². The Kier molecular flexibility index (Phi) is 6.36. The Labute approximate surface area is 135 Å². The molecule has 122 valence electrons. The lowest BCUT2D eigenvalue weighted by Crippen LogP contribution is -2.18. The second kappa shape index (κ2) is 8.27. The average molecular weight is 324 g/mol. The minimum atomic E-state index is -0.238. The molecule has 1 heterocycles. The number of carbonyl (C=O) groups is 2. The highest BCUT2D eigenvalue weighted by molar-refractivity contribution is 7.13. The number of thiazole rings is 1. The summed E-state index contributed by atoms with van der Waals surface area (Å²) in [6.45, 7) is 4.18. The number of esters is 1. The summed E-state index contributed by atoms with van der Waals surface area (Å²) in [7, 11) is 0. The zero-order valence-electron chi connectivity index (χ0n) is 13.3. The van der Waals surface area contributed by atoms with Crippen LogP contribution in [0.5, 0.6) is 0 Å². The van der Waals surface area contributed by atoms with Gasteiger partial charge in [0.15, 0.2) is 5.13 Å². The van der Waals surface area contributed by atoms with Crippen LogP contribution < -0.4 is 5.32 Å². The van der Waals surface area contributed by atoms with E-state index < -0.39 is 0 Å². The zero-order chi connectivity index (χ0) is 15.9. The number of rotatable bonds is 6. The third kappa shape index (κ3) is 5.40. The van der Waals surface area contributed by atoms with Crippen molar-refractivity contribution in [3.05, 3.63) is 11.1 Å². The molecule has 0 unspecified atom stereocenters. The summed E-state index contributed by atoms with van der Waals surface area (Å²) >= 11 is 1.33. The van der Waals surface area contributed by atoms with Crippen molar-refractivity contribution >= 4 is 28.3 Å². The highest BCUT2D eigenvalue weighted by atomic mass is 32.1. The molecule has 1 N–H and O–H groups in total. The van der Waals surface area contributed by atoms with E-state index in [2.05, 4.69) is 10.3 Å². The van der Waals surface area contributed by atoms with Crippen molar-refractivity contribution < 1.29 is 14.3 Å². The van der Waals surface area contributed by atoms with Gasteiger partial charge in [0.05, 0.1) is 18.7 Å². The van der Waals surface area contributed by atoms with Crippen LogP contribution in [0.15, 0.2) is 5.38 Å². The van der Waals surface area contributed by atoms with Crippen LogP contribution in [0, 0.1) is 11.8 Å². The Morgan fingerprint density at radius 1 is 1.36 bits per heavy atom. The highest BCUT2D eigenvalue weighted by Crippen LogP contribution is 2.24. The third-order valence-corrected chi connectivity index (χ3v) is 4.64. The predicted molar refractivity (Wildman–Crippen MR) is 86.8 cm³/mol. The van der Waals surface area contributed by atoms with Crippen molar-refractivity contribution in [2.24, 2.45) is 11.8 Å². The molecular weight excluding hydrogens is 300 g/mol. The van der Waals surface area contributed by atoms with E-state index >= 15 is 0 Å². The standard InChI is InChI=1S/C16H24N2O3S/c1-11(2)15(20)18-16-17-13(10-22-16)8-14(19)21-9-12-6-4-3-5-7-12/h10-12H,3-9H2,1-2H3,(H,17,18,20). The third-order valence-electron chi connectivity index (χ3n) is 3.84. The Bertz CT molecular complexity index is 507. The van der Waals surface area contributed by atoms with Gasteiger partial charge in [-0.05, 0) is 18.8 Å². The number of carbonyl (C=O) groups excluding carboxylic acids is 2. The van der Waals surface area contributed by atoms with Crippen LogP contribution in [0.4, 0.5) is 5.13 Å². The summed E-state index contributed by atoms with van der Waals surface area (Å²) in [5, 5.41) is 5.06. The maximum Gasteiger partial charge on any atom is 0.311 e.